The molecule has 0 amide bonds. The predicted molar refractivity (Wildman–Crippen MR) is 88.5 cm³/mol. The van der Waals surface area contributed by atoms with Crippen molar-refractivity contribution in [1.29, 1.82) is 0 Å². The molecule has 1 aliphatic heterocycles. The third kappa shape index (κ3) is 3.99. The highest BCUT2D eigenvalue weighted by Crippen LogP contribution is 2.31. The highest BCUT2D eigenvalue weighted by atomic mass is 15.2. The standard InChI is InChI=1S/C18H30N2/c1-14(2)19-11-7-8-16(4)20-13-15(3)12-17-9-5-6-10-18(17)20/h5-6,9-10,14-16,19H,7-8,11-13H2,1-4H3. The number of para-hydroxylation sites is 1. The van der Waals surface area contributed by atoms with Crippen LogP contribution in [0.15, 0.2) is 24.3 Å². The van der Waals surface area contributed by atoms with Crippen LogP contribution in [0, 0.1) is 5.92 Å². The third-order valence-electron chi connectivity index (χ3n) is 4.26. The van der Waals surface area contributed by atoms with Crippen LogP contribution < -0.4 is 10.2 Å². The molecule has 0 spiro atoms. The fourth-order valence-corrected chi connectivity index (χ4v) is 3.20. The van der Waals surface area contributed by atoms with E-state index in [0.29, 0.717) is 12.1 Å². The number of anilines is 1. The van der Waals surface area contributed by atoms with Crippen molar-refractivity contribution < 1.29 is 0 Å². The van der Waals surface area contributed by atoms with Crippen molar-refractivity contribution in [3.63, 3.8) is 0 Å². The SMILES string of the molecule is CC1Cc2ccccc2N(C(C)CCCNC(C)C)C1. The Morgan fingerprint density at radius 3 is 2.75 bits per heavy atom. The molecule has 0 aromatic heterocycles. The summed E-state index contributed by atoms with van der Waals surface area (Å²) in [5, 5.41) is 3.51. The normalized spacial score (nSPS) is 20.1. The van der Waals surface area contributed by atoms with Gasteiger partial charge in [-0.3, -0.25) is 0 Å². The van der Waals surface area contributed by atoms with E-state index >= 15 is 0 Å². The van der Waals surface area contributed by atoms with E-state index in [1.54, 1.807) is 0 Å². The van der Waals surface area contributed by atoms with E-state index in [0.717, 1.165) is 12.5 Å². The summed E-state index contributed by atoms with van der Waals surface area (Å²) in [6.45, 7) is 11.5. The molecule has 1 heterocycles. The smallest absolute Gasteiger partial charge is 0.0401 e. The van der Waals surface area contributed by atoms with Gasteiger partial charge in [0, 0.05) is 24.3 Å². The molecule has 2 atom stereocenters. The summed E-state index contributed by atoms with van der Waals surface area (Å²) in [6, 6.07) is 10.2. The maximum absolute atomic E-state index is 3.51. The number of hydrogen-bond acceptors (Lipinski definition) is 2. The summed E-state index contributed by atoms with van der Waals surface area (Å²) in [7, 11) is 0. The topological polar surface area (TPSA) is 15.3 Å². The van der Waals surface area contributed by atoms with Crippen molar-refractivity contribution in [1.82, 2.24) is 5.32 Å². The van der Waals surface area contributed by atoms with Gasteiger partial charge in [-0.25, -0.2) is 0 Å². The Morgan fingerprint density at radius 1 is 1.25 bits per heavy atom. The van der Waals surface area contributed by atoms with Gasteiger partial charge >= 0.3 is 0 Å². The molecule has 0 saturated heterocycles. The van der Waals surface area contributed by atoms with Gasteiger partial charge in [0.1, 0.15) is 0 Å². The maximum Gasteiger partial charge on any atom is 0.0401 e. The molecule has 20 heavy (non-hydrogen) atoms. The largest absolute Gasteiger partial charge is 0.368 e. The average Bonchev–Trinajstić information content (AvgIpc) is 2.42. The van der Waals surface area contributed by atoms with Gasteiger partial charge in [0.15, 0.2) is 0 Å². The summed E-state index contributed by atoms with van der Waals surface area (Å²) in [4.78, 5) is 2.62. The number of benzene rings is 1. The highest BCUT2D eigenvalue weighted by Gasteiger charge is 2.24. The quantitative estimate of drug-likeness (QED) is 0.793. The zero-order valence-electron chi connectivity index (χ0n) is 13.5. The summed E-state index contributed by atoms with van der Waals surface area (Å²) >= 11 is 0. The molecule has 2 unspecified atom stereocenters. The third-order valence-corrected chi connectivity index (χ3v) is 4.26. The fraction of sp³-hybridized carbons (Fsp3) is 0.667. The van der Waals surface area contributed by atoms with Gasteiger partial charge in [-0.05, 0) is 50.3 Å². The van der Waals surface area contributed by atoms with Crippen LogP contribution in [0.1, 0.15) is 46.1 Å². The molecule has 0 bridgehead atoms. The van der Waals surface area contributed by atoms with Gasteiger partial charge in [-0.2, -0.15) is 0 Å². The summed E-state index contributed by atoms with van der Waals surface area (Å²) in [5.41, 5.74) is 2.99. The average molecular weight is 274 g/mol. The fourth-order valence-electron chi connectivity index (χ4n) is 3.20. The molecule has 112 valence electrons. The lowest BCUT2D eigenvalue weighted by Crippen LogP contribution is -2.41. The predicted octanol–water partition coefficient (Wildman–Crippen LogP) is 3.85. The van der Waals surface area contributed by atoms with Crippen LogP contribution in [0.25, 0.3) is 0 Å². The second kappa shape index (κ2) is 7.12. The Balaban J connectivity index is 1.94. The zero-order valence-corrected chi connectivity index (χ0v) is 13.5. The Bertz CT molecular complexity index is 414. The van der Waals surface area contributed by atoms with Gasteiger partial charge < -0.3 is 10.2 Å². The minimum atomic E-state index is 0.598. The zero-order chi connectivity index (χ0) is 14.5. The lowest BCUT2D eigenvalue weighted by atomic mass is 9.92. The number of fused-ring (bicyclic) bond motifs is 1. The molecule has 0 fully saturated rings. The first-order valence-electron chi connectivity index (χ1n) is 8.16. The molecule has 1 aromatic carbocycles. The Kier molecular flexibility index (Phi) is 5.47. The molecule has 2 rings (SSSR count). The van der Waals surface area contributed by atoms with Gasteiger partial charge in [0.2, 0.25) is 0 Å². The Labute approximate surface area is 124 Å². The minimum Gasteiger partial charge on any atom is -0.368 e. The van der Waals surface area contributed by atoms with Gasteiger partial charge in [0.05, 0.1) is 0 Å². The number of nitrogens with one attached hydrogen (secondary N) is 1. The molecule has 1 aliphatic rings. The molecule has 2 heteroatoms. The van der Waals surface area contributed by atoms with E-state index in [4.69, 9.17) is 0 Å². The minimum absolute atomic E-state index is 0.598. The molecule has 0 radical (unpaired) electrons. The summed E-state index contributed by atoms with van der Waals surface area (Å²) < 4.78 is 0. The van der Waals surface area contributed by atoms with E-state index < -0.39 is 0 Å². The lowest BCUT2D eigenvalue weighted by molar-refractivity contribution is 0.462. The summed E-state index contributed by atoms with van der Waals surface area (Å²) in [6.07, 6.45) is 3.75. The molecular formula is C18H30N2. The second-order valence-electron chi connectivity index (χ2n) is 6.69. The van der Waals surface area contributed by atoms with Crippen molar-refractivity contribution >= 4 is 5.69 Å². The van der Waals surface area contributed by atoms with E-state index in [9.17, 15) is 0 Å². The monoisotopic (exact) mass is 274 g/mol. The van der Waals surface area contributed by atoms with E-state index in [1.165, 1.54) is 37.1 Å². The molecule has 2 nitrogen and oxygen atoms in total. The number of hydrogen-bond donors (Lipinski definition) is 1. The first kappa shape index (κ1) is 15.4. The van der Waals surface area contributed by atoms with Crippen molar-refractivity contribution in [2.75, 3.05) is 18.0 Å². The van der Waals surface area contributed by atoms with E-state index in [-0.39, 0.29) is 0 Å². The molecule has 1 N–H and O–H groups in total. The van der Waals surface area contributed by atoms with Crippen molar-refractivity contribution in [2.24, 2.45) is 5.92 Å². The van der Waals surface area contributed by atoms with Gasteiger partial charge in [0.25, 0.3) is 0 Å². The second-order valence-corrected chi connectivity index (χ2v) is 6.69. The van der Waals surface area contributed by atoms with Crippen LogP contribution in [-0.4, -0.2) is 25.2 Å². The molecule has 0 aliphatic carbocycles. The van der Waals surface area contributed by atoms with Crippen molar-refractivity contribution in [3.8, 4) is 0 Å². The number of nitrogens with zero attached hydrogens (tertiary/aromatic N) is 1. The van der Waals surface area contributed by atoms with Crippen LogP contribution >= 0.6 is 0 Å². The van der Waals surface area contributed by atoms with Crippen LogP contribution in [-0.2, 0) is 6.42 Å². The van der Waals surface area contributed by atoms with Crippen LogP contribution in [0.5, 0.6) is 0 Å². The van der Waals surface area contributed by atoms with Crippen LogP contribution in [0.4, 0.5) is 5.69 Å². The van der Waals surface area contributed by atoms with Crippen molar-refractivity contribution in [2.45, 2.75) is 59.0 Å². The summed E-state index contributed by atoms with van der Waals surface area (Å²) in [5.74, 6) is 0.765. The molecular weight excluding hydrogens is 244 g/mol. The highest BCUT2D eigenvalue weighted by molar-refractivity contribution is 5.56. The van der Waals surface area contributed by atoms with Gasteiger partial charge in [-0.1, -0.05) is 39.0 Å². The van der Waals surface area contributed by atoms with E-state index in [2.05, 4.69) is 62.2 Å². The molecule has 0 saturated carbocycles. The van der Waals surface area contributed by atoms with Crippen LogP contribution in [0.2, 0.25) is 0 Å². The Morgan fingerprint density at radius 2 is 2.00 bits per heavy atom. The first-order chi connectivity index (χ1) is 9.58. The van der Waals surface area contributed by atoms with Crippen LogP contribution in [0.3, 0.4) is 0 Å². The maximum atomic E-state index is 3.51. The molecule has 1 aromatic rings. The Hall–Kier alpha value is -1.02. The van der Waals surface area contributed by atoms with Gasteiger partial charge in [-0.15, -0.1) is 0 Å². The number of rotatable bonds is 6. The van der Waals surface area contributed by atoms with Crippen molar-refractivity contribution in [3.05, 3.63) is 29.8 Å². The lowest BCUT2D eigenvalue weighted by Gasteiger charge is -2.39. The first-order valence-corrected chi connectivity index (χ1v) is 8.16. The van der Waals surface area contributed by atoms with E-state index in [1.807, 2.05) is 0 Å².